The lowest BCUT2D eigenvalue weighted by molar-refractivity contribution is 0.506. The highest BCUT2D eigenvalue weighted by Crippen LogP contribution is 2.20. The Morgan fingerprint density at radius 2 is 1.83 bits per heavy atom. The van der Waals surface area contributed by atoms with Crippen LogP contribution in [0, 0.1) is 18.3 Å². The number of hydrogen-bond donors (Lipinski definition) is 1. The van der Waals surface area contributed by atoms with Crippen molar-refractivity contribution < 1.29 is 0 Å². The van der Waals surface area contributed by atoms with E-state index in [1.165, 1.54) is 11.9 Å². The summed E-state index contributed by atoms with van der Waals surface area (Å²) in [6, 6.07) is 17.7. The fourth-order valence-corrected chi connectivity index (χ4v) is 2.16. The molecule has 2 N–H and O–H groups in total. The van der Waals surface area contributed by atoms with Crippen molar-refractivity contribution in [2.75, 3.05) is 5.01 Å². The molecule has 0 saturated carbocycles. The van der Waals surface area contributed by atoms with Crippen LogP contribution in [0.2, 0.25) is 0 Å². The van der Waals surface area contributed by atoms with Gasteiger partial charge < -0.3 is 5.84 Å². The van der Waals surface area contributed by atoms with Gasteiger partial charge in [0.2, 0.25) is 0 Å². The monoisotopic (exact) mass is 305 g/mol. The number of hydrazone groups is 1. The van der Waals surface area contributed by atoms with Crippen LogP contribution in [-0.2, 0) is 6.54 Å². The van der Waals surface area contributed by atoms with Gasteiger partial charge in [0.25, 0.3) is 0 Å². The largest absolute Gasteiger partial charge is 0.322 e. The van der Waals surface area contributed by atoms with Crippen molar-refractivity contribution in [3.63, 3.8) is 0 Å². The Labute approximate surface area is 136 Å². The zero-order valence-electron chi connectivity index (χ0n) is 13.1. The van der Waals surface area contributed by atoms with Crippen molar-refractivity contribution in [2.24, 2.45) is 10.9 Å². The van der Waals surface area contributed by atoms with E-state index in [-0.39, 0.29) is 0 Å². The van der Waals surface area contributed by atoms with Gasteiger partial charge >= 0.3 is 0 Å². The molecule has 2 aromatic carbocycles. The molecule has 0 atom stereocenters. The summed E-state index contributed by atoms with van der Waals surface area (Å²) in [6.45, 7) is 6.47. The first kappa shape index (κ1) is 16.1. The van der Waals surface area contributed by atoms with Gasteiger partial charge in [0.15, 0.2) is 0 Å². The van der Waals surface area contributed by atoms with Crippen LogP contribution in [0.4, 0.5) is 5.69 Å². The summed E-state index contributed by atoms with van der Waals surface area (Å²) in [6.07, 6.45) is 3.11. The van der Waals surface area contributed by atoms with Crippen LogP contribution in [-0.4, -0.2) is 11.3 Å². The highest BCUT2D eigenvalue weighted by molar-refractivity contribution is 5.62. The second-order valence-corrected chi connectivity index (χ2v) is 5.03. The van der Waals surface area contributed by atoms with Gasteiger partial charge in [0.1, 0.15) is 6.34 Å². The van der Waals surface area contributed by atoms with Gasteiger partial charge in [-0.3, -0.25) is 5.01 Å². The molecule has 0 bridgehead atoms. The lowest BCUT2D eigenvalue weighted by atomic mass is 10.1. The SMILES string of the molecule is C=CN(/C=N\N)N(Cc1ccc(C)cc1)c1ccc(C#N)cc1. The molecule has 0 unspecified atom stereocenters. The average Bonchev–Trinajstić information content (AvgIpc) is 2.60. The highest BCUT2D eigenvalue weighted by Gasteiger charge is 2.12. The van der Waals surface area contributed by atoms with Crippen molar-refractivity contribution in [2.45, 2.75) is 13.5 Å². The van der Waals surface area contributed by atoms with E-state index in [0.29, 0.717) is 12.1 Å². The molecule has 116 valence electrons. The minimum Gasteiger partial charge on any atom is -0.322 e. The quantitative estimate of drug-likeness (QED) is 0.385. The Hall–Kier alpha value is -3.26. The van der Waals surface area contributed by atoms with E-state index in [4.69, 9.17) is 11.1 Å². The maximum Gasteiger partial charge on any atom is 0.134 e. The Morgan fingerprint density at radius 3 is 2.35 bits per heavy atom. The van der Waals surface area contributed by atoms with Crippen molar-refractivity contribution >= 4 is 12.0 Å². The number of nitrogens with two attached hydrogens (primary N) is 1. The van der Waals surface area contributed by atoms with E-state index >= 15 is 0 Å². The van der Waals surface area contributed by atoms with Gasteiger partial charge in [-0.15, -0.1) is 0 Å². The van der Waals surface area contributed by atoms with Gasteiger partial charge in [0, 0.05) is 6.20 Å². The number of benzene rings is 2. The van der Waals surface area contributed by atoms with Crippen LogP contribution in [0.1, 0.15) is 16.7 Å². The van der Waals surface area contributed by atoms with Crippen LogP contribution in [0.3, 0.4) is 0 Å². The zero-order chi connectivity index (χ0) is 16.7. The molecule has 0 aliphatic rings. The second kappa shape index (κ2) is 7.66. The summed E-state index contributed by atoms with van der Waals surface area (Å²) in [7, 11) is 0. The Morgan fingerprint density at radius 1 is 1.17 bits per heavy atom. The second-order valence-electron chi connectivity index (χ2n) is 5.03. The lowest BCUT2D eigenvalue weighted by Crippen LogP contribution is -2.37. The molecule has 2 rings (SSSR count). The van der Waals surface area contributed by atoms with Crippen LogP contribution in [0.5, 0.6) is 0 Å². The number of hydrogen-bond acceptors (Lipinski definition) is 4. The molecule has 0 aliphatic carbocycles. The summed E-state index contributed by atoms with van der Waals surface area (Å²) in [5, 5.41) is 16.2. The van der Waals surface area contributed by atoms with Gasteiger partial charge in [-0.25, -0.2) is 5.01 Å². The first-order chi connectivity index (χ1) is 11.2. The van der Waals surface area contributed by atoms with E-state index in [9.17, 15) is 0 Å². The predicted molar refractivity (Wildman–Crippen MR) is 93.2 cm³/mol. The summed E-state index contributed by atoms with van der Waals surface area (Å²) in [4.78, 5) is 0. The smallest absolute Gasteiger partial charge is 0.134 e. The molecule has 0 saturated heterocycles. The normalized spacial score (nSPS) is 10.3. The molecule has 0 aromatic heterocycles. The van der Waals surface area contributed by atoms with Crippen LogP contribution in [0.15, 0.2) is 66.4 Å². The van der Waals surface area contributed by atoms with Crippen LogP contribution < -0.4 is 10.9 Å². The molecule has 5 nitrogen and oxygen atoms in total. The topological polar surface area (TPSA) is 68.7 Å². The van der Waals surface area contributed by atoms with E-state index in [1.54, 1.807) is 23.3 Å². The van der Waals surface area contributed by atoms with Crippen molar-refractivity contribution in [3.05, 3.63) is 78.0 Å². The number of aryl methyl sites for hydroxylation is 1. The minimum absolute atomic E-state index is 0.613. The van der Waals surface area contributed by atoms with Gasteiger partial charge in [0.05, 0.1) is 23.9 Å². The molecule has 0 fully saturated rings. The molecule has 0 amide bonds. The summed E-state index contributed by atoms with van der Waals surface area (Å²) in [5.74, 6) is 5.29. The molecular formula is C18H19N5. The highest BCUT2D eigenvalue weighted by atomic mass is 15.6. The van der Waals surface area contributed by atoms with Gasteiger partial charge in [-0.2, -0.15) is 10.4 Å². The van der Waals surface area contributed by atoms with E-state index in [0.717, 1.165) is 11.3 Å². The Bertz CT molecular complexity index is 711. The fraction of sp³-hybridized carbons (Fsp3) is 0.111. The maximum absolute atomic E-state index is 8.94. The van der Waals surface area contributed by atoms with E-state index in [1.807, 2.05) is 17.1 Å². The maximum atomic E-state index is 8.94. The minimum atomic E-state index is 0.613. The molecule has 2 aromatic rings. The first-order valence-electron chi connectivity index (χ1n) is 7.15. The first-order valence-corrected chi connectivity index (χ1v) is 7.15. The molecule has 0 aliphatic heterocycles. The number of hydrazine groups is 1. The third-order valence-electron chi connectivity index (χ3n) is 3.40. The third-order valence-corrected chi connectivity index (χ3v) is 3.40. The van der Waals surface area contributed by atoms with Crippen LogP contribution >= 0.6 is 0 Å². The van der Waals surface area contributed by atoms with Gasteiger partial charge in [-0.1, -0.05) is 36.4 Å². The zero-order valence-corrected chi connectivity index (χ0v) is 13.1. The fourth-order valence-electron chi connectivity index (χ4n) is 2.16. The molecule has 0 heterocycles. The van der Waals surface area contributed by atoms with E-state index in [2.05, 4.69) is 48.9 Å². The number of anilines is 1. The summed E-state index contributed by atoms with van der Waals surface area (Å²) >= 11 is 0. The Kier molecular flexibility index (Phi) is 5.37. The van der Waals surface area contributed by atoms with Crippen molar-refractivity contribution in [1.29, 1.82) is 5.26 Å². The van der Waals surface area contributed by atoms with Gasteiger partial charge in [-0.05, 0) is 36.8 Å². The molecule has 0 radical (unpaired) electrons. The van der Waals surface area contributed by atoms with Crippen LogP contribution in [0.25, 0.3) is 0 Å². The summed E-state index contributed by atoms with van der Waals surface area (Å²) in [5.41, 5.74) is 3.87. The molecule has 5 heteroatoms. The summed E-state index contributed by atoms with van der Waals surface area (Å²) < 4.78 is 0. The molecular weight excluding hydrogens is 286 g/mol. The molecule has 23 heavy (non-hydrogen) atoms. The van der Waals surface area contributed by atoms with Crippen molar-refractivity contribution in [1.82, 2.24) is 5.01 Å². The van der Waals surface area contributed by atoms with E-state index < -0.39 is 0 Å². The Balaban J connectivity index is 2.35. The predicted octanol–water partition coefficient (Wildman–Crippen LogP) is 3.14. The molecule has 0 spiro atoms. The average molecular weight is 305 g/mol. The number of nitriles is 1. The van der Waals surface area contributed by atoms with Crippen molar-refractivity contribution in [3.8, 4) is 6.07 Å². The third kappa shape index (κ3) is 4.11. The lowest BCUT2D eigenvalue weighted by Gasteiger charge is -2.32. The standard InChI is InChI=1S/C18H19N5/c1-3-22(14-21-20)23(13-17-6-4-15(2)5-7-17)18-10-8-16(12-19)9-11-18/h3-11,14H,1,13,20H2,2H3/b21-14-. The number of rotatable bonds is 6. The number of nitrogens with zero attached hydrogens (tertiary/aromatic N) is 4.